The van der Waals surface area contributed by atoms with E-state index in [1.807, 2.05) is 72.8 Å². The third-order valence-corrected chi connectivity index (χ3v) is 6.64. The van der Waals surface area contributed by atoms with E-state index in [1.165, 1.54) is 5.56 Å². The summed E-state index contributed by atoms with van der Waals surface area (Å²) in [5.41, 5.74) is 9.92. The van der Waals surface area contributed by atoms with Crippen LogP contribution < -0.4 is 17.0 Å². The van der Waals surface area contributed by atoms with Gasteiger partial charge in [0.2, 0.25) is 0 Å². The van der Waals surface area contributed by atoms with Crippen molar-refractivity contribution in [2.75, 3.05) is 21.1 Å². The second kappa shape index (κ2) is 15.4. The molecule has 3 aromatic carbocycles. The van der Waals surface area contributed by atoms with Gasteiger partial charge in [-0.05, 0) is 97.4 Å². The van der Waals surface area contributed by atoms with Crippen LogP contribution in [0, 0.1) is 54.3 Å². The van der Waals surface area contributed by atoms with E-state index < -0.39 is 0 Å². The van der Waals surface area contributed by atoms with Gasteiger partial charge in [0.1, 0.15) is 6.54 Å². The summed E-state index contributed by atoms with van der Waals surface area (Å²) in [5.74, 6) is 26.3. The number of rotatable bonds is 2. The molecule has 5 aromatic rings. The van der Waals surface area contributed by atoms with Crippen LogP contribution in [0.4, 0.5) is 0 Å². The Bertz CT molecular complexity index is 1870. The Morgan fingerprint density at radius 1 is 0.467 bits per heavy atom. The molecule has 0 fully saturated rings. The number of aromatic nitrogens is 2. The molecule has 5 rings (SSSR count). The highest BCUT2D eigenvalue weighted by Crippen LogP contribution is 2.19. The topological polar surface area (TPSA) is 25.8 Å². The fourth-order valence-electron chi connectivity index (χ4n) is 4.38. The molecule has 2 heterocycles. The molecule has 0 unspecified atom stereocenters. The molecule has 0 spiro atoms. The molecule has 0 amide bonds. The SMILES string of the molecule is Cc1c(C#Cc2ccc(C#Cc3ccncc3)cc2)cc(C[N+](C)(C)C)cc1C#Cc1ccc(C#Cc2ccncc2)cc1.[Br-]. The second-order valence-electron chi connectivity index (χ2n) is 11.4. The second-order valence-corrected chi connectivity index (χ2v) is 11.4. The molecule has 0 saturated heterocycles. The molecule has 3 nitrogen and oxygen atoms in total. The highest BCUT2D eigenvalue weighted by Gasteiger charge is 2.12. The Morgan fingerprint density at radius 2 is 0.756 bits per heavy atom. The number of benzene rings is 3. The fourth-order valence-corrected chi connectivity index (χ4v) is 4.38. The van der Waals surface area contributed by atoms with Crippen LogP contribution in [0.1, 0.15) is 55.6 Å². The van der Waals surface area contributed by atoms with Crippen LogP contribution in [-0.4, -0.2) is 35.6 Å². The van der Waals surface area contributed by atoms with Crippen LogP contribution in [0.5, 0.6) is 0 Å². The monoisotopic (exact) mass is 645 g/mol. The van der Waals surface area contributed by atoms with Crippen molar-refractivity contribution in [3.05, 3.63) is 165 Å². The van der Waals surface area contributed by atoms with E-state index in [-0.39, 0.29) is 17.0 Å². The lowest BCUT2D eigenvalue weighted by Gasteiger charge is -2.24. The first-order valence-electron chi connectivity index (χ1n) is 14.3. The van der Waals surface area contributed by atoms with E-state index in [0.717, 1.165) is 61.1 Å². The quantitative estimate of drug-likeness (QED) is 0.217. The first-order valence-corrected chi connectivity index (χ1v) is 14.3. The number of quaternary nitrogens is 1. The normalized spacial score (nSPS) is 9.87. The van der Waals surface area contributed by atoms with Crippen molar-refractivity contribution in [2.24, 2.45) is 0 Å². The number of nitrogens with zero attached hydrogens (tertiary/aromatic N) is 3. The van der Waals surface area contributed by atoms with Gasteiger partial charge in [-0.25, -0.2) is 0 Å². The van der Waals surface area contributed by atoms with Crippen molar-refractivity contribution in [3.8, 4) is 47.4 Å². The summed E-state index contributed by atoms with van der Waals surface area (Å²) in [4.78, 5) is 8.07. The Kier molecular flexibility index (Phi) is 11.1. The largest absolute Gasteiger partial charge is 1.00 e. The van der Waals surface area contributed by atoms with Crippen LogP contribution in [0.3, 0.4) is 0 Å². The number of pyridine rings is 2. The van der Waals surface area contributed by atoms with Crippen molar-refractivity contribution in [3.63, 3.8) is 0 Å². The molecule has 4 heteroatoms. The summed E-state index contributed by atoms with van der Waals surface area (Å²) < 4.78 is 0.812. The molecule has 0 bridgehead atoms. The summed E-state index contributed by atoms with van der Waals surface area (Å²) >= 11 is 0. The van der Waals surface area contributed by atoms with Crippen molar-refractivity contribution in [1.29, 1.82) is 0 Å². The van der Waals surface area contributed by atoms with Crippen LogP contribution in [-0.2, 0) is 6.54 Å². The Hall–Kier alpha value is -5.36. The maximum Gasteiger partial charge on any atom is 0.104 e. The molecule has 0 N–H and O–H groups in total. The Morgan fingerprint density at radius 3 is 1.07 bits per heavy atom. The molecule has 0 atom stereocenters. The summed E-state index contributed by atoms with van der Waals surface area (Å²) in [6, 6.07) is 28.1. The van der Waals surface area contributed by atoms with Gasteiger partial charge in [-0.15, -0.1) is 0 Å². The van der Waals surface area contributed by atoms with E-state index in [2.05, 4.69) is 97.5 Å². The van der Waals surface area contributed by atoms with Crippen molar-refractivity contribution in [2.45, 2.75) is 13.5 Å². The molecule has 218 valence electrons. The number of hydrogen-bond acceptors (Lipinski definition) is 2. The first-order chi connectivity index (χ1) is 21.3. The van der Waals surface area contributed by atoms with Gasteiger partial charge in [0.15, 0.2) is 0 Å². The van der Waals surface area contributed by atoms with E-state index in [0.29, 0.717) is 0 Å². The molecule has 0 aliphatic heterocycles. The zero-order chi connectivity index (χ0) is 30.8. The minimum atomic E-state index is 0. The predicted octanol–water partition coefficient (Wildman–Crippen LogP) is 3.59. The zero-order valence-corrected chi connectivity index (χ0v) is 27.4. The lowest BCUT2D eigenvalue weighted by Crippen LogP contribution is -3.00. The molecule has 0 aliphatic rings. The first kappa shape index (κ1) is 32.6. The summed E-state index contributed by atoms with van der Waals surface area (Å²) in [7, 11) is 6.57. The lowest BCUT2D eigenvalue weighted by molar-refractivity contribution is -0.884. The average molecular weight is 647 g/mol. The average Bonchev–Trinajstić information content (AvgIpc) is 3.03. The van der Waals surface area contributed by atoms with E-state index in [4.69, 9.17) is 0 Å². The molecular formula is C41H32BrN3. The van der Waals surface area contributed by atoms with Crippen LogP contribution in [0.25, 0.3) is 0 Å². The smallest absolute Gasteiger partial charge is 0.104 e. The van der Waals surface area contributed by atoms with Gasteiger partial charge in [0.05, 0.1) is 21.1 Å². The fraction of sp³-hybridized carbons (Fsp3) is 0.122. The highest BCUT2D eigenvalue weighted by atomic mass is 79.9. The maximum atomic E-state index is 4.04. The molecule has 45 heavy (non-hydrogen) atoms. The Balaban J connectivity index is 0.00000461. The molecule has 0 saturated carbocycles. The third kappa shape index (κ3) is 10.1. The van der Waals surface area contributed by atoms with Gasteiger partial charge >= 0.3 is 0 Å². The predicted molar refractivity (Wildman–Crippen MR) is 178 cm³/mol. The molecule has 0 radical (unpaired) electrons. The van der Waals surface area contributed by atoms with Gasteiger partial charge in [-0.2, -0.15) is 0 Å². The van der Waals surface area contributed by atoms with Crippen molar-refractivity contribution >= 4 is 0 Å². The van der Waals surface area contributed by atoms with Gasteiger partial charge in [-0.1, -0.05) is 47.4 Å². The van der Waals surface area contributed by atoms with Crippen LogP contribution in [0.2, 0.25) is 0 Å². The van der Waals surface area contributed by atoms with Gasteiger partial charge < -0.3 is 21.5 Å². The molecule has 0 aliphatic carbocycles. The minimum absolute atomic E-state index is 0. The van der Waals surface area contributed by atoms with E-state index >= 15 is 0 Å². The van der Waals surface area contributed by atoms with Crippen LogP contribution >= 0.6 is 0 Å². The third-order valence-electron chi connectivity index (χ3n) is 6.64. The van der Waals surface area contributed by atoms with Gasteiger partial charge in [0, 0.05) is 74.9 Å². The highest BCUT2D eigenvalue weighted by molar-refractivity contribution is 5.57. The van der Waals surface area contributed by atoms with Gasteiger partial charge in [0.25, 0.3) is 0 Å². The van der Waals surface area contributed by atoms with E-state index in [9.17, 15) is 0 Å². The Labute approximate surface area is 277 Å². The maximum absolute atomic E-state index is 4.04. The molecular weight excluding hydrogens is 614 g/mol. The minimum Gasteiger partial charge on any atom is -1.00 e. The summed E-state index contributed by atoms with van der Waals surface area (Å²) in [5, 5.41) is 0. The summed E-state index contributed by atoms with van der Waals surface area (Å²) in [6.07, 6.45) is 6.99. The number of halogens is 1. The zero-order valence-electron chi connectivity index (χ0n) is 25.8. The van der Waals surface area contributed by atoms with E-state index in [1.54, 1.807) is 24.8 Å². The van der Waals surface area contributed by atoms with Crippen molar-refractivity contribution < 1.29 is 21.5 Å². The lowest BCUT2D eigenvalue weighted by atomic mass is 9.97. The van der Waals surface area contributed by atoms with Crippen LogP contribution in [0.15, 0.2) is 110 Å². The number of hydrogen-bond donors (Lipinski definition) is 0. The van der Waals surface area contributed by atoms with Gasteiger partial charge in [-0.3, -0.25) is 9.97 Å². The summed E-state index contributed by atoms with van der Waals surface area (Å²) in [6.45, 7) is 2.97. The standard InChI is InChI=1S/C41H32N3.BrH/c1-32-40(19-17-35-9-5-33(6-10-35)13-15-37-21-25-42-26-22-37)29-39(31-44(2,3)4)30-41(32)20-18-36-11-7-34(8-12-36)14-16-38-23-27-43-28-24-38;/h5-12,21-30H,31H2,1-4H3;1H/q+1;/p-1. The molecule has 2 aromatic heterocycles. The van der Waals surface area contributed by atoms with Crippen molar-refractivity contribution in [1.82, 2.24) is 9.97 Å².